The lowest BCUT2D eigenvalue weighted by atomic mass is 10.1. The Morgan fingerprint density at radius 3 is 2.30 bits per heavy atom. The van der Waals surface area contributed by atoms with E-state index in [0.717, 1.165) is 29.2 Å². The molecule has 1 fully saturated rings. The van der Waals surface area contributed by atoms with E-state index in [2.05, 4.69) is 22.3 Å². The second-order valence-electron chi connectivity index (χ2n) is 7.28. The maximum Gasteiger partial charge on any atom is 0.410 e. The number of hydrogen-bond acceptors (Lipinski definition) is 5. The highest BCUT2D eigenvalue weighted by molar-refractivity contribution is 7.97. The fraction of sp³-hybridized carbons (Fsp3) is 0.304. The summed E-state index contributed by atoms with van der Waals surface area (Å²) in [4.78, 5) is 26.6. The van der Waals surface area contributed by atoms with E-state index in [1.807, 2.05) is 50.2 Å². The number of hydrogen-bond donors (Lipinski definition) is 1. The molecule has 0 bridgehead atoms. The lowest BCUT2D eigenvalue weighted by molar-refractivity contribution is -0.111. The first-order valence-corrected chi connectivity index (χ1v) is 10.7. The van der Waals surface area contributed by atoms with Crippen LogP contribution in [0.15, 0.2) is 60.0 Å². The number of piperazine rings is 1. The van der Waals surface area contributed by atoms with Crippen molar-refractivity contribution in [3.63, 3.8) is 0 Å². The van der Waals surface area contributed by atoms with Gasteiger partial charge in [0.25, 0.3) is 0 Å². The van der Waals surface area contributed by atoms with E-state index in [9.17, 15) is 9.59 Å². The number of benzene rings is 2. The Morgan fingerprint density at radius 2 is 1.70 bits per heavy atom. The monoisotopic (exact) mass is 425 g/mol. The largest absolute Gasteiger partial charge is 0.445 e. The van der Waals surface area contributed by atoms with Crippen molar-refractivity contribution in [2.24, 2.45) is 0 Å². The molecule has 0 saturated carbocycles. The number of rotatable bonds is 6. The molecule has 2 aromatic rings. The van der Waals surface area contributed by atoms with Crippen molar-refractivity contribution < 1.29 is 14.3 Å². The maximum absolute atomic E-state index is 12.4. The van der Waals surface area contributed by atoms with Gasteiger partial charge in [-0.3, -0.25) is 4.79 Å². The van der Waals surface area contributed by atoms with Crippen LogP contribution in [0.5, 0.6) is 0 Å². The van der Waals surface area contributed by atoms with Crippen LogP contribution in [0.4, 0.5) is 10.5 Å². The van der Waals surface area contributed by atoms with Crippen LogP contribution >= 0.6 is 11.9 Å². The molecule has 0 aliphatic carbocycles. The topological polar surface area (TPSA) is 61.9 Å². The van der Waals surface area contributed by atoms with Crippen LogP contribution in [0.2, 0.25) is 0 Å². The first-order chi connectivity index (χ1) is 14.4. The van der Waals surface area contributed by atoms with Gasteiger partial charge in [-0.1, -0.05) is 35.9 Å². The molecular formula is C23H27N3O3S. The van der Waals surface area contributed by atoms with Crippen molar-refractivity contribution in [1.82, 2.24) is 9.21 Å². The van der Waals surface area contributed by atoms with Crippen molar-refractivity contribution in [2.75, 3.05) is 31.5 Å². The number of nitrogens with one attached hydrogen (secondary N) is 1. The first kappa shape index (κ1) is 21.9. The summed E-state index contributed by atoms with van der Waals surface area (Å²) in [5.41, 5.74) is 4.09. The number of carbonyl (C=O) groups is 2. The van der Waals surface area contributed by atoms with Crippen LogP contribution in [0.1, 0.15) is 16.7 Å². The number of ether oxygens (including phenoxy) is 1. The van der Waals surface area contributed by atoms with Gasteiger partial charge in [0.05, 0.1) is 0 Å². The van der Waals surface area contributed by atoms with E-state index in [1.165, 1.54) is 17.2 Å². The molecule has 1 N–H and O–H groups in total. The van der Waals surface area contributed by atoms with Crippen LogP contribution < -0.4 is 5.32 Å². The quantitative estimate of drug-likeness (QED) is 0.549. The molecule has 1 heterocycles. The minimum atomic E-state index is -0.263. The van der Waals surface area contributed by atoms with Crippen molar-refractivity contribution in [2.45, 2.75) is 25.3 Å². The highest BCUT2D eigenvalue weighted by Crippen LogP contribution is 2.25. The smallest absolute Gasteiger partial charge is 0.410 e. The number of carbonyl (C=O) groups excluding carboxylic acids is 2. The maximum atomic E-state index is 12.4. The average molecular weight is 426 g/mol. The van der Waals surface area contributed by atoms with Crippen LogP contribution in [-0.4, -0.2) is 47.4 Å². The molecule has 1 saturated heterocycles. The summed E-state index contributed by atoms with van der Waals surface area (Å²) in [5, 5.41) is 2.73. The van der Waals surface area contributed by atoms with E-state index in [4.69, 9.17) is 4.74 Å². The van der Waals surface area contributed by atoms with Crippen LogP contribution in [0.3, 0.4) is 0 Å². The van der Waals surface area contributed by atoms with E-state index in [1.54, 1.807) is 16.8 Å². The number of aryl methyl sites for hydroxylation is 2. The Hall–Kier alpha value is -2.77. The Labute approximate surface area is 182 Å². The van der Waals surface area contributed by atoms with Gasteiger partial charge < -0.3 is 15.0 Å². The second kappa shape index (κ2) is 10.3. The van der Waals surface area contributed by atoms with Gasteiger partial charge in [0, 0.05) is 36.8 Å². The summed E-state index contributed by atoms with van der Waals surface area (Å²) in [6.45, 7) is 10.6. The molecule has 158 valence electrons. The normalized spacial score (nSPS) is 14.3. The van der Waals surface area contributed by atoms with Gasteiger partial charge in [0.2, 0.25) is 5.91 Å². The highest BCUT2D eigenvalue weighted by atomic mass is 32.2. The molecule has 1 aliphatic heterocycles. The van der Waals surface area contributed by atoms with Crippen molar-refractivity contribution >= 4 is 29.6 Å². The zero-order valence-electron chi connectivity index (χ0n) is 17.4. The van der Waals surface area contributed by atoms with Crippen molar-refractivity contribution in [3.8, 4) is 0 Å². The van der Waals surface area contributed by atoms with Crippen molar-refractivity contribution in [3.05, 3.63) is 71.8 Å². The van der Waals surface area contributed by atoms with Crippen LogP contribution in [-0.2, 0) is 16.1 Å². The minimum Gasteiger partial charge on any atom is -0.445 e. The molecule has 6 nitrogen and oxygen atoms in total. The Bertz CT molecular complexity index is 886. The third-order valence-corrected chi connectivity index (χ3v) is 5.79. The summed E-state index contributed by atoms with van der Waals surface area (Å²) in [6.07, 6.45) is 0.982. The summed E-state index contributed by atoms with van der Waals surface area (Å²) < 4.78 is 7.73. The highest BCUT2D eigenvalue weighted by Gasteiger charge is 2.22. The van der Waals surface area contributed by atoms with E-state index in [0.29, 0.717) is 19.7 Å². The van der Waals surface area contributed by atoms with Gasteiger partial charge in [0.15, 0.2) is 0 Å². The summed E-state index contributed by atoms with van der Waals surface area (Å²) in [6, 6.07) is 13.9. The molecule has 0 spiro atoms. The Morgan fingerprint density at radius 1 is 1.07 bits per heavy atom. The molecule has 3 rings (SSSR count). The molecule has 0 aromatic heterocycles. The molecular weight excluding hydrogens is 398 g/mol. The molecule has 7 heteroatoms. The summed E-state index contributed by atoms with van der Waals surface area (Å²) in [5.74, 6) is -0.226. The number of anilines is 1. The molecule has 30 heavy (non-hydrogen) atoms. The molecule has 2 aromatic carbocycles. The third kappa shape index (κ3) is 6.37. The minimum absolute atomic E-state index is 0.226. The van der Waals surface area contributed by atoms with E-state index in [-0.39, 0.29) is 12.0 Å². The SMILES string of the molecule is C=CC(=O)Nc1ccc(SN2CCN(C(=O)OCc3cc(C)cc(C)c3)CC2)cc1. The number of amides is 2. The van der Waals surface area contributed by atoms with Gasteiger partial charge in [0.1, 0.15) is 6.61 Å². The van der Waals surface area contributed by atoms with Crippen LogP contribution in [0, 0.1) is 13.8 Å². The lowest BCUT2D eigenvalue weighted by Gasteiger charge is -2.33. The van der Waals surface area contributed by atoms with Gasteiger partial charge in [-0.15, -0.1) is 0 Å². The van der Waals surface area contributed by atoms with Gasteiger partial charge >= 0.3 is 6.09 Å². The van der Waals surface area contributed by atoms with E-state index < -0.39 is 0 Å². The molecule has 2 amide bonds. The van der Waals surface area contributed by atoms with E-state index >= 15 is 0 Å². The second-order valence-corrected chi connectivity index (χ2v) is 8.45. The fourth-order valence-corrected chi connectivity index (χ4v) is 4.19. The molecule has 1 aliphatic rings. The Kier molecular flexibility index (Phi) is 7.54. The van der Waals surface area contributed by atoms with Gasteiger partial charge in [-0.05, 0) is 61.7 Å². The predicted octanol–water partition coefficient (Wildman–Crippen LogP) is 4.39. The Balaban J connectivity index is 1.43. The van der Waals surface area contributed by atoms with Gasteiger partial charge in [-0.25, -0.2) is 9.10 Å². The number of nitrogens with zero attached hydrogens (tertiary/aromatic N) is 2. The standard InChI is InChI=1S/C23H27N3O3S/c1-4-22(27)24-20-5-7-21(8-6-20)30-26-11-9-25(10-12-26)23(28)29-16-19-14-17(2)13-18(3)15-19/h4-8,13-15H,1,9-12,16H2,2-3H3,(H,24,27). The van der Waals surface area contributed by atoms with Crippen molar-refractivity contribution in [1.29, 1.82) is 0 Å². The fourth-order valence-electron chi connectivity index (χ4n) is 3.29. The first-order valence-electron chi connectivity index (χ1n) is 9.88. The lowest BCUT2D eigenvalue weighted by Crippen LogP contribution is -2.46. The summed E-state index contributed by atoms with van der Waals surface area (Å²) >= 11 is 1.65. The zero-order chi connectivity index (χ0) is 21.5. The van der Waals surface area contributed by atoms with Crippen LogP contribution in [0.25, 0.3) is 0 Å². The molecule has 0 radical (unpaired) electrons. The third-order valence-electron chi connectivity index (χ3n) is 4.68. The predicted molar refractivity (Wildman–Crippen MR) is 120 cm³/mol. The zero-order valence-corrected chi connectivity index (χ0v) is 18.2. The molecule has 0 unspecified atom stereocenters. The summed E-state index contributed by atoms with van der Waals surface area (Å²) in [7, 11) is 0. The van der Waals surface area contributed by atoms with Gasteiger partial charge in [-0.2, -0.15) is 0 Å². The molecule has 0 atom stereocenters. The average Bonchev–Trinajstić information content (AvgIpc) is 2.73.